The second kappa shape index (κ2) is 7.62. The maximum atomic E-state index is 5.80. The molecule has 0 amide bonds. The van der Waals surface area contributed by atoms with Gasteiger partial charge in [0, 0.05) is 11.0 Å². The lowest BCUT2D eigenvalue weighted by Crippen LogP contribution is -2.16. The molecule has 2 aromatic rings. The van der Waals surface area contributed by atoms with Gasteiger partial charge in [-0.2, -0.15) is 0 Å². The maximum Gasteiger partial charge on any atom is 0.118 e. The van der Waals surface area contributed by atoms with Gasteiger partial charge in [0.05, 0.1) is 13.1 Å². The fourth-order valence-electron chi connectivity index (χ4n) is 2.07. The Morgan fingerprint density at radius 2 is 1.75 bits per heavy atom. The van der Waals surface area contributed by atoms with E-state index in [1.165, 1.54) is 5.56 Å². The van der Waals surface area contributed by atoms with Crippen LogP contribution in [0.25, 0.3) is 0 Å². The lowest BCUT2D eigenvalue weighted by atomic mass is 10.2. The predicted octanol–water partition coefficient (Wildman–Crippen LogP) is 3.78. The Morgan fingerprint density at radius 3 is 2.45 bits per heavy atom. The van der Waals surface area contributed by atoms with E-state index in [9.17, 15) is 0 Å². The monoisotopic (exact) mass is 336 g/mol. The number of furan rings is 1. The molecule has 0 unspecified atom stereocenters. The molecule has 0 aliphatic heterocycles. The Balaban J connectivity index is 1.86. The SMILES string of the molecule is CCNCc1ccc(CN(C)Cc2ccc(Br)cc2)o1. The van der Waals surface area contributed by atoms with Crippen LogP contribution in [0.1, 0.15) is 24.0 Å². The second-order valence-corrected chi connectivity index (χ2v) is 5.86. The third-order valence-electron chi connectivity index (χ3n) is 3.06. The van der Waals surface area contributed by atoms with Gasteiger partial charge in [0.2, 0.25) is 0 Å². The molecule has 0 bridgehead atoms. The molecule has 1 N–H and O–H groups in total. The summed E-state index contributed by atoms with van der Waals surface area (Å²) >= 11 is 3.45. The first-order valence-electron chi connectivity index (χ1n) is 6.88. The Kier molecular flexibility index (Phi) is 5.83. The van der Waals surface area contributed by atoms with Crippen LogP contribution in [0.5, 0.6) is 0 Å². The highest BCUT2D eigenvalue weighted by Gasteiger charge is 2.06. The molecule has 0 spiro atoms. The van der Waals surface area contributed by atoms with Crippen LogP contribution in [0.15, 0.2) is 45.3 Å². The maximum absolute atomic E-state index is 5.80. The van der Waals surface area contributed by atoms with Gasteiger partial charge in [-0.25, -0.2) is 0 Å². The number of halogens is 1. The van der Waals surface area contributed by atoms with E-state index < -0.39 is 0 Å². The van der Waals surface area contributed by atoms with Crippen LogP contribution in [0, 0.1) is 0 Å². The molecular formula is C16H21BrN2O. The van der Waals surface area contributed by atoms with Crippen molar-refractivity contribution in [2.45, 2.75) is 26.6 Å². The first kappa shape index (κ1) is 15.3. The summed E-state index contributed by atoms with van der Waals surface area (Å²) in [6.07, 6.45) is 0. The molecule has 0 atom stereocenters. The third kappa shape index (κ3) is 4.78. The lowest BCUT2D eigenvalue weighted by Gasteiger charge is -2.15. The molecule has 108 valence electrons. The van der Waals surface area contributed by atoms with Crippen molar-refractivity contribution < 1.29 is 4.42 Å². The molecule has 0 radical (unpaired) electrons. The van der Waals surface area contributed by atoms with E-state index >= 15 is 0 Å². The van der Waals surface area contributed by atoms with E-state index in [1.54, 1.807) is 0 Å². The minimum absolute atomic E-state index is 0.799. The Morgan fingerprint density at radius 1 is 1.05 bits per heavy atom. The van der Waals surface area contributed by atoms with Crippen LogP contribution < -0.4 is 5.32 Å². The first-order valence-corrected chi connectivity index (χ1v) is 7.68. The van der Waals surface area contributed by atoms with Gasteiger partial charge in [0.15, 0.2) is 0 Å². The number of benzene rings is 1. The molecule has 1 aromatic heterocycles. The van der Waals surface area contributed by atoms with Gasteiger partial charge in [-0.3, -0.25) is 4.90 Å². The first-order chi connectivity index (χ1) is 9.67. The van der Waals surface area contributed by atoms with Gasteiger partial charge in [-0.1, -0.05) is 35.0 Å². The summed E-state index contributed by atoms with van der Waals surface area (Å²) in [7, 11) is 2.11. The van der Waals surface area contributed by atoms with Crippen molar-refractivity contribution >= 4 is 15.9 Å². The highest BCUT2D eigenvalue weighted by Crippen LogP contribution is 2.14. The predicted molar refractivity (Wildman–Crippen MR) is 85.4 cm³/mol. The standard InChI is InChI=1S/C16H21BrN2O/c1-3-18-10-15-8-9-16(20-15)12-19(2)11-13-4-6-14(17)7-5-13/h4-9,18H,3,10-12H2,1-2H3. The van der Waals surface area contributed by atoms with Gasteiger partial charge in [0.1, 0.15) is 11.5 Å². The van der Waals surface area contributed by atoms with E-state index in [4.69, 9.17) is 4.42 Å². The van der Waals surface area contributed by atoms with Crippen LogP contribution in [0.4, 0.5) is 0 Å². The summed E-state index contributed by atoms with van der Waals surface area (Å²) in [5.41, 5.74) is 1.30. The molecule has 20 heavy (non-hydrogen) atoms. The Hall–Kier alpha value is -1.10. The molecule has 1 heterocycles. The third-order valence-corrected chi connectivity index (χ3v) is 3.59. The van der Waals surface area contributed by atoms with Crippen molar-refractivity contribution in [1.82, 2.24) is 10.2 Å². The molecule has 0 saturated heterocycles. The van der Waals surface area contributed by atoms with Crippen LogP contribution in [-0.4, -0.2) is 18.5 Å². The summed E-state index contributed by atoms with van der Waals surface area (Å²) in [6.45, 7) is 5.58. The van der Waals surface area contributed by atoms with Crippen molar-refractivity contribution in [3.05, 3.63) is 58.0 Å². The van der Waals surface area contributed by atoms with Crippen LogP contribution in [0.2, 0.25) is 0 Å². The fourth-order valence-corrected chi connectivity index (χ4v) is 2.34. The Labute approximate surface area is 129 Å². The molecule has 4 heteroatoms. The Bertz CT molecular complexity index is 522. The number of hydrogen-bond donors (Lipinski definition) is 1. The summed E-state index contributed by atoms with van der Waals surface area (Å²) in [5, 5.41) is 3.26. The van der Waals surface area contributed by atoms with Crippen LogP contribution in [0.3, 0.4) is 0 Å². The zero-order valence-electron chi connectivity index (χ0n) is 12.0. The van der Waals surface area contributed by atoms with Gasteiger partial charge >= 0.3 is 0 Å². The summed E-state index contributed by atoms with van der Waals surface area (Å²) in [5.74, 6) is 2.01. The van der Waals surface area contributed by atoms with Gasteiger partial charge in [-0.15, -0.1) is 0 Å². The summed E-state index contributed by atoms with van der Waals surface area (Å²) < 4.78 is 6.92. The topological polar surface area (TPSA) is 28.4 Å². The molecule has 1 aromatic carbocycles. The van der Waals surface area contributed by atoms with Crippen molar-refractivity contribution in [1.29, 1.82) is 0 Å². The van der Waals surface area contributed by atoms with Crippen LogP contribution in [-0.2, 0) is 19.6 Å². The molecular weight excluding hydrogens is 316 g/mol. The van der Waals surface area contributed by atoms with Gasteiger partial charge < -0.3 is 9.73 Å². The molecule has 0 fully saturated rings. The highest BCUT2D eigenvalue weighted by atomic mass is 79.9. The van der Waals surface area contributed by atoms with Gasteiger partial charge in [0.25, 0.3) is 0 Å². The zero-order valence-corrected chi connectivity index (χ0v) is 13.6. The quantitative estimate of drug-likeness (QED) is 0.833. The zero-order chi connectivity index (χ0) is 14.4. The van der Waals surface area contributed by atoms with Crippen LogP contribution >= 0.6 is 15.9 Å². The van der Waals surface area contributed by atoms with Crippen molar-refractivity contribution in [2.24, 2.45) is 0 Å². The number of nitrogens with zero attached hydrogens (tertiary/aromatic N) is 1. The average Bonchev–Trinajstić information content (AvgIpc) is 2.86. The average molecular weight is 337 g/mol. The molecule has 2 rings (SSSR count). The molecule has 0 aliphatic rings. The molecule has 0 saturated carbocycles. The lowest BCUT2D eigenvalue weighted by molar-refractivity contribution is 0.282. The second-order valence-electron chi connectivity index (χ2n) is 4.95. The number of hydrogen-bond acceptors (Lipinski definition) is 3. The van der Waals surface area contributed by atoms with E-state index in [1.807, 2.05) is 6.07 Å². The molecule has 3 nitrogen and oxygen atoms in total. The molecule has 0 aliphatic carbocycles. The van der Waals surface area contributed by atoms with Crippen molar-refractivity contribution in [3.8, 4) is 0 Å². The van der Waals surface area contributed by atoms with Crippen molar-refractivity contribution in [2.75, 3.05) is 13.6 Å². The number of nitrogens with one attached hydrogen (secondary N) is 1. The minimum Gasteiger partial charge on any atom is -0.463 e. The largest absolute Gasteiger partial charge is 0.463 e. The van der Waals surface area contributed by atoms with E-state index in [0.717, 1.165) is 42.2 Å². The number of rotatable bonds is 7. The summed E-state index contributed by atoms with van der Waals surface area (Å²) in [6, 6.07) is 12.5. The van der Waals surface area contributed by atoms with E-state index in [2.05, 4.69) is 70.4 Å². The smallest absolute Gasteiger partial charge is 0.118 e. The van der Waals surface area contributed by atoms with E-state index in [-0.39, 0.29) is 0 Å². The van der Waals surface area contributed by atoms with Gasteiger partial charge in [-0.05, 0) is 43.4 Å². The highest BCUT2D eigenvalue weighted by molar-refractivity contribution is 9.10. The van der Waals surface area contributed by atoms with E-state index in [0.29, 0.717) is 0 Å². The normalized spacial score (nSPS) is 11.2. The van der Waals surface area contributed by atoms with Crippen molar-refractivity contribution in [3.63, 3.8) is 0 Å². The summed E-state index contributed by atoms with van der Waals surface area (Å²) in [4.78, 5) is 2.25. The fraction of sp³-hybridized carbons (Fsp3) is 0.375. The minimum atomic E-state index is 0.799.